The maximum absolute atomic E-state index is 12.4. The first-order valence-corrected chi connectivity index (χ1v) is 10.9. The Kier molecular flexibility index (Phi) is 6.53. The molecule has 1 atom stereocenters. The molecule has 0 saturated carbocycles. The average Bonchev–Trinajstić information content (AvgIpc) is 3.28. The van der Waals surface area contributed by atoms with Crippen LogP contribution in [0.1, 0.15) is 22.1 Å². The number of nitrogen functional groups attached to an aromatic ring is 1. The van der Waals surface area contributed by atoms with E-state index in [1.165, 1.54) is 11.3 Å². The van der Waals surface area contributed by atoms with Crippen LogP contribution in [0, 0.1) is 16.7 Å². The first kappa shape index (κ1) is 21.9. The molecule has 0 aliphatic rings. The van der Waals surface area contributed by atoms with Gasteiger partial charge < -0.3 is 15.2 Å². The largest absolute Gasteiger partial charge is 0.481 e. The van der Waals surface area contributed by atoms with Crippen LogP contribution in [0.3, 0.4) is 0 Å². The summed E-state index contributed by atoms with van der Waals surface area (Å²) in [6.07, 6.45) is -1.18. The molecule has 1 aromatic heterocycles. The molecule has 164 valence electrons. The van der Waals surface area contributed by atoms with E-state index in [4.69, 9.17) is 25.9 Å². The monoisotopic (exact) mass is 456 g/mol. The number of nitrogens with two attached hydrogens (primary N) is 1. The molecule has 0 bridgehead atoms. The van der Waals surface area contributed by atoms with E-state index in [1.807, 2.05) is 60.7 Å². The third-order valence-electron chi connectivity index (χ3n) is 4.85. The van der Waals surface area contributed by atoms with Crippen LogP contribution in [0.4, 0.5) is 10.5 Å². The number of fused-ring (bicyclic) bond motifs is 1. The first-order chi connectivity index (χ1) is 16.0. The number of thiophene rings is 1. The van der Waals surface area contributed by atoms with Crippen LogP contribution >= 0.6 is 11.3 Å². The molecule has 1 unspecified atom stereocenters. The van der Waals surface area contributed by atoms with E-state index in [0.717, 1.165) is 15.6 Å². The fraction of sp³-hybridized carbons (Fsp3) is 0.0800. The second-order valence-electron chi connectivity index (χ2n) is 7.12. The van der Waals surface area contributed by atoms with Crippen molar-refractivity contribution in [1.29, 1.82) is 10.7 Å². The Balaban J connectivity index is 1.51. The Bertz CT molecular complexity index is 1330. The molecule has 0 radical (unpaired) electrons. The van der Waals surface area contributed by atoms with E-state index in [9.17, 15) is 4.79 Å². The van der Waals surface area contributed by atoms with Crippen molar-refractivity contribution in [3.05, 3.63) is 94.9 Å². The number of nitrogens with one attached hydrogen (secondary N) is 2. The highest BCUT2D eigenvalue weighted by Crippen LogP contribution is 2.35. The summed E-state index contributed by atoms with van der Waals surface area (Å²) in [5.41, 5.74) is 7.53. The summed E-state index contributed by atoms with van der Waals surface area (Å²) in [5, 5.41) is 20.1. The van der Waals surface area contributed by atoms with Gasteiger partial charge in [-0.2, -0.15) is 5.26 Å². The van der Waals surface area contributed by atoms with Gasteiger partial charge in [0.1, 0.15) is 18.2 Å². The predicted molar refractivity (Wildman–Crippen MR) is 129 cm³/mol. The lowest BCUT2D eigenvalue weighted by Gasteiger charge is -2.20. The number of benzene rings is 3. The van der Waals surface area contributed by atoms with Gasteiger partial charge >= 0.3 is 6.09 Å². The van der Waals surface area contributed by atoms with Gasteiger partial charge in [0.2, 0.25) is 0 Å². The van der Waals surface area contributed by atoms with Gasteiger partial charge in [-0.1, -0.05) is 36.4 Å². The Morgan fingerprint density at radius 1 is 1.09 bits per heavy atom. The highest BCUT2D eigenvalue weighted by atomic mass is 32.1. The molecule has 4 rings (SSSR count). The molecule has 1 amide bonds. The van der Waals surface area contributed by atoms with E-state index < -0.39 is 12.2 Å². The highest BCUT2D eigenvalue weighted by Gasteiger charge is 2.19. The molecule has 0 spiro atoms. The number of hydrogen-bond donors (Lipinski definition) is 3. The molecule has 0 saturated heterocycles. The van der Waals surface area contributed by atoms with Gasteiger partial charge in [-0.15, -0.1) is 11.3 Å². The van der Waals surface area contributed by atoms with Crippen molar-refractivity contribution in [2.45, 2.75) is 6.10 Å². The molecule has 4 aromatic rings. The van der Waals surface area contributed by atoms with E-state index in [-0.39, 0.29) is 12.4 Å². The van der Waals surface area contributed by atoms with Crippen molar-refractivity contribution in [3.63, 3.8) is 0 Å². The Labute approximate surface area is 194 Å². The molecule has 3 aromatic carbocycles. The van der Waals surface area contributed by atoms with Crippen molar-refractivity contribution >= 4 is 39.0 Å². The second-order valence-corrected chi connectivity index (χ2v) is 8.21. The van der Waals surface area contributed by atoms with Crippen LogP contribution in [-0.2, 0) is 4.74 Å². The molecule has 0 aliphatic heterocycles. The normalized spacial score (nSPS) is 11.4. The summed E-state index contributed by atoms with van der Waals surface area (Å²) in [6, 6.07) is 25.5. The molecule has 4 N–H and O–H groups in total. The van der Waals surface area contributed by atoms with Crippen molar-refractivity contribution in [2.75, 3.05) is 11.9 Å². The average molecular weight is 457 g/mol. The number of anilines is 1. The quantitative estimate of drug-likeness (QED) is 0.253. The fourth-order valence-electron chi connectivity index (χ4n) is 3.22. The summed E-state index contributed by atoms with van der Waals surface area (Å²) in [4.78, 5) is 13.0. The number of nitriles is 1. The van der Waals surface area contributed by atoms with E-state index in [0.29, 0.717) is 21.9 Å². The molecular formula is C25H20N4O3S. The Hall–Kier alpha value is -4.35. The summed E-state index contributed by atoms with van der Waals surface area (Å²) < 4.78 is 12.7. The maximum atomic E-state index is 12.4. The molecule has 33 heavy (non-hydrogen) atoms. The number of rotatable bonds is 7. The maximum Gasteiger partial charge on any atom is 0.411 e. The zero-order valence-corrected chi connectivity index (χ0v) is 18.3. The van der Waals surface area contributed by atoms with Crippen LogP contribution in [0.5, 0.6) is 5.75 Å². The third-order valence-corrected chi connectivity index (χ3v) is 5.99. The van der Waals surface area contributed by atoms with E-state index >= 15 is 0 Å². The predicted octanol–water partition coefficient (Wildman–Crippen LogP) is 5.43. The zero-order chi connectivity index (χ0) is 23.2. The first-order valence-electron chi connectivity index (χ1n) is 10.1. The van der Waals surface area contributed by atoms with E-state index in [2.05, 4.69) is 5.32 Å². The smallest absolute Gasteiger partial charge is 0.411 e. The number of amides is 1. The number of ether oxygens (including phenoxy) is 2. The van der Waals surface area contributed by atoms with Gasteiger partial charge in [0.05, 0.1) is 16.5 Å². The van der Waals surface area contributed by atoms with Crippen molar-refractivity contribution in [2.24, 2.45) is 5.73 Å². The number of carbonyl (C=O) groups excluding carboxylic acids is 1. The van der Waals surface area contributed by atoms with Crippen LogP contribution in [0.15, 0.2) is 78.9 Å². The van der Waals surface area contributed by atoms with Gasteiger partial charge in [-0.25, -0.2) is 4.79 Å². The van der Waals surface area contributed by atoms with Crippen molar-refractivity contribution in [3.8, 4) is 11.8 Å². The molecular weight excluding hydrogens is 436 g/mol. The summed E-state index contributed by atoms with van der Waals surface area (Å²) in [7, 11) is 0. The molecule has 1 heterocycles. The van der Waals surface area contributed by atoms with E-state index in [1.54, 1.807) is 24.3 Å². The third kappa shape index (κ3) is 5.29. The molecule has 8 heteroatoms. The Morgan fingerprint density at radius 2 is 1.85 bits per heavy atom. The lowest BCUT2D eigenvalue weighted by molar-refractivity contribution is 0.0910. The molecule has 0 aliphatic carbocycles. The summed E-state index contributed by atoms with van der Waals surface area (Å²) in [5.74, 6) is 0.616. The van der Waals surface area contributed by atoms with Crippen LogP contribution in [-0.4, -0.2) is 18.5 Å². The van der Waals surface area contributed by atoms with Crippen LogP contribution in [0.2, 0.25) is 0 Å². The lowest BCUT2D eigenvalue weighted by Crippen LogP contribution is -2.21. The second kappa shape index (κ2) is 9.85. The zero-order valence-electron chi connectivity index (χ0n) is 17.4. The minimum Gasteiger partial charge on any atom is -0.481 e. The molecule has 7 nitrogen and oxygen atoms in total. The van der Waals surface area contributed by atoms with Gasteiger partial charge in [0.15, 0.2) is 6.10 Å². The lowest BCUT2D eigenvalue weighted by atomic mass is 10.1. The van der Waals surface area contributed by atoms with Crippen LogP contribution < -0.4 is 15.8 Å². The minimum atomic E-state index is -0.628. The summed E-state index contributed by atoms with van der Waals surface area (Å²) in [6.45, 7) is -0.0216. The van der Waals surface area contributed by atoms with Gasteiger partial charge in [0.25, 0.3) is 0 Å². The number of amidine groups is 1. The standard InChI is InChI=1S/C25H20N4O3S/c26-14-16-9-11-18(12-10-16)29-25(30)31-15-21(17-5-2-1-3-6-17)32-20-7-4-8-22-19(20)13-23(33-22)24(27)28/h1-13,21H,15H2,(H3,27,28)(H,29,30). The Morgan fingerprint density at radius 3 is 2.55 bits per heavy atom. The molecule has 0 fully saturated rings. The SMILES string of the molecule is N#Cc1ccc(NC(=O)OCC(Oc2cccc3sc(C(=N)N)cc23)c2ccccc2)cc1. The number of hydrogen-bond acceptors (Lipinski definition) is 6. The van der Waals surface area contributed by atoms with Gasteiger partial charge in [-0.3, -0.25) is 10.7 Å². The topological polar surface area (TPSA) is 121 Å². The van der Waals surface area contributed by atoms with Crippen LogP contribution in [0.25, 0.3) is 10.1 Å². The number of nitrogens with zero attached hydrogens (tertiary/aromatic N) is 1. The van der Waals surface area contributed by atoms with Crippen molar-refractivity contribution in [1.82, 2.24) is 0 Å². The number of carbonyl (C=O) groups is 1. The van der Waals surface area contributed by atoms with Crippen molar-refractivity contribution < 1.29 is 14.3 Å². The summed E-state index contributed by atoms with van der Waals surface area (Å²) >= 11 is 1.42. The fourth-order valence-corrected chi connectivity index (χ4v) is 4.16. The van der Waals surface area contributed by atoms with Gasteiger partial charge in [0, 0.05) is 15.8 Å². The minimum absolute atomic E-state index is 0.00423. The van der Waals surface area contributed by atoms with Gasteiger partial charge in [-0.05, 0) is 48.0 Å². The highest BCUT2D eigenvalue weighted by molar-refractivity contribution is 7.20.